The average molecular weight is 623 g/mol. The Labute approximate surface area is 263 Å². The number of hydrogen-bond donors (Lipinski definition) is 1. The van der Waals surface area contributed by atoms with Gasteiger partial charge in [0.25, 0.3) is 0 Å². The van der Waals surface area contributed by atoms with Crippen molar-refractivity contribution in [2.75, 3.05) is 19.8 Å². The van der Waals surface area contributed by atoms with Crippen molar-refractivity contribution >= 4 is 22.9 Å². The van der Waals surface area contributed by atoms with Gasteiger partial charge in [-0.2, -0.15) is 0 Å². The lowest BCUT2D eigenvalue weighted by Crippen LogP contribution is -2.54. The lowest BCUT2D eigenvalue weighted by atomic mass is 9.70. The molecule has 6 rings (SSSR count). The van der Waals surface area contributed by atoms with Gasteiger partial charge in [0.05, 0.1) is 23.1 Å². The summed E-state index contributed by atoms with van der Waals surface area (Å²) < 4.78 is 41.9. The van der Waals surface area contributed by atoms with Gasteiger partial charge in [-0.25, -0.2) is 13.6 Å². The number of aromatic nitrogens is 1. The highest BCUT2D eigenvalue weighted by molar-refractivity contribution is 5.96. The second-order valence-corrected chi connectivity index (χ2v) is 13.2. The predicted molar refractivity (Wildman–Crippen MR) is 168 cm³/mol. The summed E-state index contributed by atoms with van der Waals surface area (Å²) in [4.78, 5) is 28.7. The number of carboxylic acids is 1. The molecular formula is C36H44F2N2O5. The Morgan fingerprint density at radius 3 is 2.29 bits per heavy atom. The van der Waals surface area contributed by atoms with E-state index < -0.39 is 29.1 Å². The van der Waals surface area contributed by atoms with E-state index in [4.69, 9.17) is 9.47 Å². The van der Waals surface area contributed by atoms with Gasteiger partial charge in [0, 0.05) is 36.9 Å². The van der Waals surface area contributed by atoms with Crippen LogP contribution < -0.4 is 0 Å². The van der Waals surface area contributed by atoms with Crippen LogP contribution in [0.2, 0.25) is 0 Å². The SMILES string of the molecule is CCc1c(CC2CCC(OC3CCOCC3)CC2)c2ccc(F)cc2n1C(=O)N1CC[C@@](C(=O)O)(c2ccc(F)cc2)C[C@@H]1C. The van der Waals surface area contributed by atoms with Crippen molar-refractivity contribution in [2.24, 2.45) is 5.92 Å². The van der Waals surface area contributed by atoms with E-state index in [9.17, 15) is 23.5 Å². The first-order valence-corrected chi connectivity index (χ1v) is 16.6. The number of fused-ring (bicyclic) bond motifs is 1. The molecule has 0 spiro atoms. The van der Waals surface area contributed by atoms with Gasteiger partial charge in [0.2, 0.25) is 0 Å². The molecule has 1 amide bonds. The van der Waals surface area contributed by atoms with Gasteiger partial charge < -0.3 is 19.5 Å². The number of likely N-dealkylation sites (tertiary alicyclic amines) is 1. The van der Waals surface area contributed by atoms with Gasteiger partial charge in [-0.3, -0.25) is 9.36 Å². The lowest BCUT2D eigenvalue weighted by molar-refractivity contribution is -0.146. The number of aliphatic carboxylic acids is 1. The van der Waals surface area contributed by atoms with Gasteiger partial charge in [-0.05, 0) is 119 Å². The fourth-order valence-electron chi connectivity index (χ4n) is 8.05. The standard InChI is InChI=1S/C36H44F2N2O5/c1-3-32-31(20-24-4-11-28(12-5-24)45-29-14-18-44-19-15-29)30-13-10-27(38)21-33(30)40(32)35(43)39-17-16-36(34(41)42,22-23(39)2)25-6-8-26(37)9-7-25/h6-10,13,21,23-24,28-29H,3-5,11-12,14-20,22H2,1-2H3,(H,41,42)/t23-,24?,28?,36-/m0/s1. The van der Waals surface area contributed by atoms with Crippen molar-refractivity contribution in [3.8, 4) is 0 Å². The summed E-state index contributed by atoms with van der Waals surface area (Å²) in [5.74, 6) is -1.36. The molecule has 2 atom stereocenters. The van der Waals surface area contributed by atoms with Crippen LogP contribution in [0.3, 0.4) is 0 Å². The van der Waals surface area contributed by atoms with Crippen LogP contribution in [0.1, 0.15) is 82.0 Å². The monoisotopic (exact) mass is 622 g/mol. The molecule has 0 radical (unpaired) electrons. The molecule has 1 N–H and O–H groups in total. The Morgan fingerprint density at radius 1 is 0.978 bits per heavy atom. The molecule has 0 unspecified atom stereocenters. The number of carboxylic acid groups (broad SMARTS) is 1. The van der Waals surface area contributed by atoms with E-state index in [0.717, 1.165) is 74.8 Å². The van der Waals surface area contributed by atoms with Crippen LogP contribution in [0.25, 0.3) is 10.9 Å². The van der Waals surface area contributed by atoms with Gasteiger partial charge >= 0.3 is 12.0 Å². The highest BCUT2D eigenvalue weighted by Crippen LogP contribution is 2.40. The summed E-state index contributed by atoms with van der Waals surface area (Å²) in [6.45, 7) is 5.65. The number of ether oxygens (including phenoxy) is 2. The van der Waals surface area contributed by atoms with Crippen molar-refractivity contribution < 1.29 is 33.0 Å². The quantitative estimate of drug-likeness (QED) is 0.300. The molecule has 242 valence electrons. The van der Waals surface area contributed by atoms with E-state index in [0.29, 0.717) is 29.5 Å². The molecule has 1 aromatic heterocycles. The summed E-state index contributed by atoms with van der Waals surface area (Å²) in [5, 5.41) is 11.2. The third-order valence-corrected chi connectivity index (χ3v) is 10.5. The molecule has 9 heteroatoms. The minimum atomic E-state index is -1.22. The topological polar surface area (TPSA) is 81.0 Å². The van der Waals surface area contributed by atoms with Gasteiger partial charge in [-0.15, -0.1) is 0 Å². The zero-order valence-corrected chi connectivity index (χ0v) is 26.3. The van der Waals surface area contributed by atoms with Crippen LogP contribution in [0.5, 0.6) is 0 Å². The van der Waals surface area contributed by atoms with Gasteiger partial charge in [0.15, 0.2) is 0 Å². The molecule has 3 heterocycles. The van der Waals surface area contributed by atoms with Crippen LogP contribution >= 0.6 is 0 Å². The minimum Gasteiger partial charge on any atom is -0.481 e. The van der Waals surface area contributed by atoms with Gasteiger partial charge in [0.1, 0.15) is 11.6 Å². The minimum absolute atomic E-state index is 0.195. The molecule has 45 heavy (non-hydrogen) atoms. The van der Waals surface area contributed by atoms with E-state index >= 15 is 0 Å². The zero-order valence-electron chi connectivity index (χ0n) is 26.3. The molecule has 3 fully saturated rings. The lowest BCUT2D eigenvalue weighted by Gasteiger charge is -2.43. The Kier molecular flexibility index (Phi) is 9.29. The average Bonchev–Trinajstić information content (AvgIpc) is 3.34. The number of nitrogens with zero attached hydrogens (tertiary/aromatic N) is 2. The largest absolute Gasteiger partial charge is 0.481 e. The predicted octanol–water partition coefficient (Wildman–Crippen LogP) is 7.25. The number of carbonyl (C=O) groups is 2. The normalized spacial score (nSPS) is 26.3. The number of carbonyl (C=O) groups excluding carboxylic acids is 1. The highest BCUT2D eigenvalue weighted by Gasteiger charge is 2.47. The number of amides is 1. The van der Waals surface area contributed by atoms with E-state index in [1.807, 2.05) is 13.8 Å². The number of rotatable bonds is 7. The second kappa shape index (κ2) is 13.2. The van der Waals surface area contributed by atoms with E-state index in [2.05, 4.69) is 0 Å². The number of piperidine rings is 1. The second-order valence-electron chi connectivity index (χ2n) is 13.2. The summed E-state index contributed by atoms with van der Waals surface area (Å²) in [6, 6.07) is 9.67. The highest BCUT2D eigenvalue weighted by atomic mass is 19.1. The van der Waals surface area contributed by atoms with Crippen molar-refractivity contribution in [1.29, 1.82) is 0 Å². The molecular weight excluding hydrogens is 578 g/mol. The molecule has 2 aromatic carbocycles. The van der Waals surface area contributed by atoms with Crippen LogP contribution in [-0.4, -0.2) is 64.6 Å². The van der Waals surface area contributed by atoms with Crippen molar-refractivity contribution in [3.05, 3.63) is 70.9 Å². The molecule has 2 saturated heterocycles. The first-order valence-electron chi connectivity index (χ1n) is 16.6. The fraction of sp³-hybridized carbons (Fsp3) is 0.556. The van der Waals surface area contributed by atoms with Crippen molar-refractivity contribution in [2.45, 2.75) is 102 Å². The maximum atomic E-state index is 14.7. The maximum absolute atomic E-state index is 14.7. The summed E-state index contributed by atoms with van der Waals surface area (Å²) in [6.07, 6.45) is 8.43. The molecule has 0 bridgehead atoms. The van der Waals surface area contributed by atoms with Crippen LogP contribution in [0.4, 0.5) is 13.6 Å². The van der Waals surface area contributed by atoms with E-state index in [1.54, 1.807) is 15.5 Å². The Morgan fingerprint density at radius 2 is 1.64 bits per heavy atom. The third-order valence-electron chi connectivity index (χ3n) is 10.5. The Bertz CT molecular complexity index is 1520. The van der Waals surface area contributed by atoms with E-state index in [1.165, 1.54) is 36.4 Å². The number of hydrogen-bond acceptors (Lipinski definition) is 4. The third kappa shape index (κ3) is 6.26. The van der Waals surface area contributed by atoms with Gasteiger partial charge in [-0.1, -0.05) is 19.1 Å². The zero-order chi connectivity index (χ0) is 31.7. The molecule has 7 nitrogen and oxygen atoms in total. The fourth-order valence-corrected chi connectivity index (χ4v) is 8.05. The van der Waals surface area contributed by atoms with Crippen LogP contribution in [0.15, 0.2) is 42.5 Å². The first-order chi connectivity index (χ1) is 21.7. The molecule has 1 saturated carbocycles. The summed E-state index contributed by atoms with van der Waals surface area (Å²) >= 11 is 0. The maximum Gasteiger partial charge on any atom is 0.329 e. The number of halogens is 2. The van der Waals surface area contributed by atoms with Crippen molar-refractivity contribution in [1.82, 2.24) is 9.47 Å². The number of benzene rings is 2. The first kappa shape index (κ1) is 31.7. The van der Waals surface area contributed by atoms with Crippen LogP contribution in [0, 0.1) is 17.6 Å². The Balaban J connectivity index is 1.23. The van der Waals surface area contributed by atoms with E-state index in [-0.39, 0.29) is 31.5 Å². The molecule has 1 aliphatic carbocycles. The molecule has 3 aromatic rings. The smallest absolute Gasteiger partial charge is 0.329 e. The van der Waals surface area contributed by atoms with Crippen LogP contribution in [-0.2, 0) is 32.5 Å². The van der Waals surface area contributed by atoms with Crippen molar-refractivity contribution in [3.63, 3.8) is 0 Å². The molecule has 2 aliphatic heterocycles. The Hall–Kier alpha value is -3.30. The summed E-state index contributed by atoms with van der Waals surface area (Å²) in [7, 11) is 0. The summed E-state index contributed by atoms with van der Waals surface area (Å²) in [5.41, 5.74) is 1.87. The molecule has 3 aliphatic rings.